The molecule has 0 aliphatic heterocycles. The molecule has 0 saturated carbocycles. The zero-order valence-corrected chi connectivity index (χ0v) is 8.63. The molecule has 0 aliphatic rings. The van der Waals surface area contributed by atoms with Crippen LogP contribution in [0.15, 0.2) is 54.7 Å². The van der Waals surface area contributed by atoms with Crippen LogP contribution < -0.4 is 5.32 Å². The van der Waals surface area contributed by atoms with Gasteiger partial charge in [-0.05, 0) is 17.7 Å². The van der Waals surface area contributed by atoms with Crippen molar-refractivity contribution in [3.8, 4) is 0 Å². The number of carbonyl (C=O) groups excluding carboxylic acids is 1. The van der Waals surface area contributed by atoms with Gasteiger partial charge in [-0.15, -0.1) is 0 Å². The second-order valence-electron chi connectivity index (χ2n) is 3.26. The summed E-state index contributed by atoms with van der Waals surface area (Å²) in [6.07, 6.45) is 3.17. The fourth-order valence-corrected chi connectivity index (χ4v) is 1.30. The molecule has 1 N–H and O–H groups in total. The van der Waals surface area contributed by atoms with Crippen molar-refractivity contribution >= 4 is 11.7 Å². The van der Waals surface area contributed by atoms with Gasteiger partial charge >= 0.3 is 0 Å². The number of anilines is 1. The first-order chi connectivity index (χ1) is 7.84. The highest BCUT2D eigenvalue weighted by atomic mass is 16.1. The van der Waals surface area contributed by atoms with E-state index in [1.165, 1.54) is 6.42 Å². The van der Waals surface area contributed by atoms with Crippen molar-refractivity contribution in [1.29, 1.82) is 0 Å². The van der Waals surface area contributed by atoms with E-state index in [0.717, 1.165) is 5.56 Å². The second kappa shape index (κ2) is 5.07. The van der Waals surface area contributed by atoms with Crippen molar-refractivity contribution in [3.05, 3.63) is 66.7 Å². The monoisotopic (exact) mass is 211 g/mol. The van der Waals surface area contributed by atoms with Crippen LogP contribution in [0, 0.1) is 6.42 Å². The first-order valence-electron chi connectivity index (χ1n) is 4.96. The number of rotatable bonds is 3. The molecule has 79 valence electrons. The average Bonchev–Trinajstić information content (AvgIpc) is 2.31. The highest BCUT2D eigenvalue weighted by Gasteiger charge is 2.04. The van der Waals surface area contributed by atoms with E-state index in [9.17, 15) is 4.79 Å². The fraction of sp³-hybridized carbons (Fsp3) is 0. The minimum atomic E-state index is -0.176. The molecule has 1 heterocycles. The first-order valence-corrected chi connectivity index (χ1v) is 4.96. The summed E-state index contributed by atoms with van der Waals surface area (Å²) < 4.78 is 0. The summed E-state index contributed by atoms with van der Waals surface area (Å²) in [6, 6.07) is 14.8. The van der Waals surface area contributed by atoms with Crippen molar-refractivity contribution in [2.75, 3.05) is 5.32 Å². The van der Waals surface area contributed by atoms with E-state index < -0.39 is 0 Å². The molecule has 2 rings (SSSR count). The molecule has 0 unspecified atom stereocenters. The lowest BCUT2D eigenvalue weighted by atomic mass is 10.1. The fourth-order valence-electron chi connectivity index (χ4n) is 1.30. The second-order valence-corrected chi connectivity index (χ2v) is 3.26. The van der Waals surface area contributed by atoms with Crippen molar-refractivity contribution < 1.29 is 4.79 Å². The van der Waals surface area contributed by atoms with Crippen molar-refractivity contribution in [3.63, 3.8) is 0 Å². The van der Waals surface area contributed by atoms with Gasteiger partial charge in [-0.25, -0.2) is 4.98 Å². The number of carbonyl (C=O) groups is 1. The Bertz CT molecular complexity index is 410. The number of pyridine rings is 1. The van der Waals surface area contributed by atoms with E-state index in [-0.39, 0.29) is 5.91 Å². The van der Waals surface area contributed by atoms with Crippen LogP contribution in [-0.2, 0) is 4.79 Å². The minimum absolute atomic E-state index is 0.176. The Morgan fingerprint density at radius 1 is 1.06 bits per heavy atom. The molecule has 3 nitrogen and oxygen atoms in total. The Balaban J connectivity index is 1.95. The summed E-state index contributed by atoms with van der Waals surface area (Å²) >= 11 is 0. The summed E-state index contributed by atoms with van der Waals surface area (Å²) in [4.78, 5) is 15.6. The van der Waals surface area contributed by atoms with Crippen LogP contribution in [0.1, 0.15) is 5.56 Å². The maximum atomic E-state index is 11.6. The Hall–Kier alpha value is -2.16. The van der Waals surface area contributed by atoms with Gasteiger partial charge in [-0.1, -0.05) is 36.4 Å². The molecule has 0 aliphatic carbocycles. The van der Waals surface area contributed by atoms with Gasteiger partial charge in [0.15, 0.2) is 0 Å². The molecule has 0 atom stereocenters. The molecule has 1 aromatic heterocycles. The minimum Gasteiger partial charge on any atom is -0.310 e. The number of aromatic nitrogens is 1. The van der Waals surface area contributed by atoms with Gasteiger partial charge in [0.1, 0.15) is 5.82 Å². The van der Waals surface area contributed by atoms with E-state index in [4.69, 9.17) is 0 Å². The standard InChI is InChI=1S/C13H11N2O/c16-13(10-11-6-2-1-3-7-11)15-12-8-4-5-9-14-12/h1-10H,(H,14,15,16). The SMILES string of the molecule is O=C([CH]c1ccccc1)Nc1ccccn1. The Kier molecular flexibility index (Phi) is 3.28. The molecule has 1 aromatic carbocycles. The molecule has 1 radical (unpaired) electrons. The summed E-state index contributed by atoms with van der Waals surface area (Å²) in [6.45, 7) is 0. The van der Waals surface area contributed by atoms with Crippen LogP contribution in [0.5, 0.6) is 0 Å². The zero-order chi connectivity index (χ0) is 11.2. The number of amides is 1. The lowest BCUT2D eigenvalue weighted by molar-refractivity contribution is -0.112. The van der Waals surface area contributed by atoms with Crippen LogP contribution in [0.25, 0.3) is 0 Å². The first kappa shape index (κ1) is 10.4. The van der Waals surface area contributed by atoms with E-state index in [1.807, 2.05) is 36.4 Å². The molecular weight excluding hydrogens is 200 g/mol. The van der Waals surface area contributed by atoms with Crippen molar-refractivity contribution in [1.82, 2.24) is 4.98 Å². The van der Waals surface area contributed by atoms with Crippen LogP contribution in [0.4, 0.5) is 5.82 Å². The van der Waals surface area contributed by atoms with E-state index >= 15 is 0 Å². The molecule has 0 fully saturated rings. The number of hydrogen-bond acceptors (Lipinski definition) is 2. The molecule has 0 saturated heterocycles. The van der Waals surface area contributed by atoms with Crippen LogP contribution >= 0.6 is 0 Å². The van der Waals surface area contributed by atoms with Crippen LogP contribution in [0.3, 0.4) is 0 Å². The lowest BCUT2D eigenvalue weighted by Gasteiger charge is -2.03. The maximum absolute atomic E-state index is 11.6. The summed E-state index contributed by atoms with van der Waals surface area (Å²) in [7, 11) is 0. The largest absolute Gasteiger partial charge is 0.310 e. The van der Waals surface area contributed by atoms with Gasteiger partial charge < -0.3 is 5.32 Å². The zero-order valence-electron chi connectivity index (χ0n) is 8.63. The maximum Gasteiger partial charge on any atom is 0.234 e. The lowest BCUT2D eigenvalue weighted by Crippen LogP contribution is -2.13. The molecule has 16 heavy (non-hydrogen) atoms. The summed E-state index contributed by atoms with van der Waals surface area (Å²) in [5, 5.41) is 2.68. The van der Waals surface area contributed by atoms with Gasteiger partial charge in [0.2, 0.25) is 5.91 Å². The average molecular weight is 211 g/mol. The molecule has 1 amide bonds. The Labute approximate surface area is 94.1 Å². The third kappa shape index (κ3) is 2.92. The highest BCUT2D eigenvalue weighted by Crippen LogP contribution is 2.05. The van der Waals surface area contributed by atoms with Gasteiger partial charge in [-0.2, -0.15) is 0 Å². The molecule has 0 spiro atoms. The predicted octanol–water partition coefficient (Wildman–Crippen LogP) is 2.27. The third-order valence-electron chi connectivity index (χ3n) is 2.01. The van der Waals surface area contributed by atoms with Crippen molar-refractivity contribution in [2.45, 2.75) is 0 Å². The van der Waals surface area contributed by atoms with E-state index in [1.54, 1.807) is 18.3 Å². The molecular formula is C13H11N2O. The van der Waals surface area contributed by atoms with Gasteiger partial charge in [0.25, 0.3) is 0 Å². The van der Waals surface area contributed by atoms with Gasteiger partial charge in [0, 0.05) is 6.20 Å². The normalized spacial score (nSPS) is 9.75. The third-order valence-corrected chi connectivity index (χ3v) is 2.01. The number of benzene rings is 1. The quantitative estimate of drug-likeness (QED) is 0.846. The number of nitrogens with one attached hydrogen (secondary N) is 1. The summed E-state index contributed by atoms with van der Waals surface area (Å²) in [5.74, 6) is 0.379. The smallest absolute Gasteiger partial charge is 0.234 e. The van der Waals surface area contributed by atoms with Crippen molar-refractivity contribution in [2.24, 2.45) is 0 Å². The molecule has 0 bridgehead atoms. The summed E-state index contributed by atoms with van der Waals surface area (Å²) in [5.41, 5.74) is 0.871. The highest BCUT2D eigenvalue weighted by molar-refractivity contribution is 5.98. The van der Waals surface area contributed by atoms with E-state index in [0.29, 0.717) is 5.82 Å². The topological polar surface area (TPSA) is 42.0 Å². The molecule has 2 aromatic rings. The predicted molar refractivity (Wildman–Crippen MR) is 62.7 cm³/mol. The van der Waals surface area contributed by atoms with Gasteiger partial charge in [0.05, 0.1) is 6.42 Å². The van der Waals surface area contributed by atoms with E-state index in [2.05, 4.69) is 10.3 Å². The molecule has 3 heteroatoms. The Morgan fingerprint density at radius 2 is 1.81 bits per heavy atom. The number of hydrogen-bond donors (Lipinski definition) is 1. The van der Waals surface area contributed by atoms with Crippen LogP contribution in [0.2, 0.25) is 0 Å². The number of nitrogens with zero attached hydrogens (tertiary/aromatic N) is 1. The van der Waals surface area contributed by atoms with Crippen LogP contribution in [-0.4, -0.2) is 10.9 Å². The Morgan fingerprint density at radius 3 is 2.50 bits per heavy atom. The van der Waals surface area contributed by atoms with Gasteiger partial charge in [-0.3, -0.25) is 4.79 Å².